The molecule has 0 unspecified atom stereocenters. The van der Waals surface area contributed by atoms with Crippen molar-refractivity contribution in [2.45, 2.75) is 6.04 Å². The first-order chi connectivity index (χ1) is 7.56. The number of aliphatic hydroxyl groups excluding tert-OH is 2. The number of rotatable bonds is 4. The van der Waals surface area contributed by atoms with Crippen molar-refractivity contribution in [1.29, 1.82) is 0 Å². The van der Waals surface area contributed by atoms with Crippen LogP contribution in [0.1, 0.15) is 10.4 Å². The van der Waals surface area contributed by atoms with E-state index in [0.717, 1.165) is 6.07 Å². The second-order valence-electron chi connectivity index (χ2n) is 3.19. The lowest BCUT2D eigenvalue weighted by Crippen LogP contribution is -2.40. The number of carbonyl (C=O) groups excluding carboxylic acids is 1. The van der Waals surface area contributed by atoms with Crippen LogP contribution in [0.15, 0.2) is 22.7 Å². The number of carbonyl (C=O) groups is 1. The van der Waals surface area contributed by atoms with Crippen LogP contribution in [0.3, 0.4) is 0 Å². The minimum Gasteiger partial charge on any atom is -0.394 e. The van der Waals surface area contributed by atoms with Gasteiger partial charge in [-0.25, -0.2) is 4.39 Å². The second-order valence-corrected chi connectivity index (χ2v) is 4.11. The zero-order valence-corrected chi connectivity index (χ0v) is 9.87. The van der Waals surface area contributed by atoms with Gasteiger partial charge in [0.15, 0.2) is 0 Å². The van der Waals surface area contributed by atoms with Crippen molar-refractivity contribution in [1.82, 2.24) is 5.32 Å². The zero-order valence-electron chi connectivity index (χ0n) is 8.28. The standard InChI is InChI=1S/C10H11BrFNO3/c11-7-1-6(2-8(12)3-7)10(16)13-9(4-14)5-15/h1-3,9,14-15H,4-5H2,(H,13,16). The molecule has 88 valence electrons. The van der Waals surface area contributed by atoms with Crippen LogP contribution >= 0.6 is 15.9 Å². The van der Waals surface area contributed by atoms with Gasteiger partial charge in [-0.1, -0.05) is 15.9 Å². The fourth-order valence-corrected chi connectivity index (χ4v) is 1.57. The molecule has 0 atom stereocenters. The molecule has 1 amide bonds. The highest BCUT2D eigenvalue weighted by atomic mass is 79.9. The van der Waals surface area contributed by atoms with E-state index in [1.807, 2.05) is 0 Å². The lowest BCUT2D eigenvalue weighted by Gasteiger charge is -2.13. The fraction of sp³-hybridized carbons (Fsp3) is 0.300. The van der Waals surface area contributed by atoms with Gasteiger partial charge < -0.3 is 15.5 Å². The molecule has 0 aromatic heterocycles. The molecule has 0 saturated carbocycles. The lowest BCUT2D eigenvalue weighted by molar-refractivity contribution is 0.0879. The topological polar surface area (TPSA) is 69.6 Å². The molecule has 1 aromatic rings. The third-order valence-corrected chi connectivity index (χ3v) is 2.36. The largest absolute Gasteiger partial charge is 0.394 e. The SMILES string of the molecule is O=C(NC(CO)CO)c1cc(F)cc(Br)c1. The normalized spacial score (nSPS) is 10.6. The van der Waals surface area contributed by atoms with Crippen molar-refractivity contribution in [3.8, 4) is 0 Å². The molecule has 4 nitrogen and oxygen atoms in total. The molecule has 0 saturated heterocycles. The first-order valence-corrected chi connectivity index (χ1v) is 5.34. The summed E-state index contributed by atoms with van der Waals surface area (Å²) in [5, 5.41) is 19.9. The summed E-state index contributed by atoms with van der Waals surface area (Å²) in [6.45, 7) is -0.753. The maximum absolute atomic E-state index is 13.0. The highest BCUT2D eigenvalue weighted by molar-refractivity contribution is 9.10. The Kier molecular flexibility index (Phi) is 4.85. The van der Waals surface area contributed by atoms with Gasteiger partial charge in [-0.3, -0.25) is 4.79 Å². The van der Waals surface area contributed by atoms with Gasteiger partial charge in [-0.05, 0) is 18.2 Å². The van der Waals surface area contributed by atoms with Gasteiger partial charge in [0.1, 0.15) is 5.82 Å². The molecule has 0 bridgehead atoms. The van der Waals surface area contributed by atoms with E-state index in [4.69, 9.17) is 10.2 Å². The zero-order chi connectivity index (χ0) is 12.1. The molecule has 0 spiro atoms. The number of amides is 1. The van der Waals surface area contributed by atoms with Gasteiger partial charge in [0, 0.05) is 10.0 Å². The molecule has 6 heteroatoms. The molecule has 0 heterocycles. The van der Waals surface area contributed by atoms with Gasteiger partial charge in [0.2, 0.25) is 0 Å². The first-order valence-electron chi connectivity index (χ1n) is 4.55. The molecule has 0 aliphatic heterocycles. The van der Waals surface area contributed by atoms with Gasteiger partial charge in [0.05, 0.1) is 19.3 Å². The van der Waals surface area contributed by atoms with E-state index in [2.05, 4.69) is 21.2 Å². The highest BCUT2D eigenvalue weighted by Gasteiger charge is 2.13. The second kappa shape index (κ2) is 5.93. The maximum atomic E-state index is 13.0. The summed E-state index contributed by atoms with van der Waals surface area (Å²) in [5.74, 6) is -1.09. The van der Waals surface area contributed by atoms with Crippen LogP contribution in [0.25, 0.3) is 0 Å². The van der Waals surface area contributed by atoms with Crippen molar-refractivity contribution < 1.29 is 19.4 Å². The molecule has 0 fully saturated rings. The first kappa shape index (κ1) is 13.1. The third kappa shape index (κ3) is 3.55. The van der Waals surface area contributed by atoms with E-state index in [-0.39, 0.29) is 18.8 Å². The number of nitrogens with one attached hydrogen (secondary N) is 1. The number of hydrogen-bond acceptors (Lipinski definition) is 3. The molecule has 3 N–H and O–H groups in total. The van der Waals surface area contributed by atoms with Gasteiger partial charge >= 0.3 is 0 Å². The predicted octanol–water partition coefficient (Wildman–Crippen LogP) is 0.671. The Balaban J connectivity index is 2.80. The molecule has 16 heavy (non-hydrogen) atoms. The summed E-state index contributed by atoms with van der Waals surface area (Å²) in [6, 6.07) is 3.01. The van der Waals surface area contributed by atoms with Crippen molar-refractivity contribution >= 4 is 21.8 Å². The Hall–Kier alpha value is -0.980. The predicted molar refractivity (Wildman–Crippen MR) is 59.5 cm³/mol. The average Bonchev–Trinajstić information content (AvgIpc) is 2.24. The van der Waals surface area contributed by atoms with Crippen molar-refractivity contribution in [2.24, 2.45) is 0 Å². The van der Waals surface area contributed by atoms with Gasteiger partial charge in [0.25, 0.3) is 5.91 Å². The minimum atomic E-state index is -0.741. The smallest absolute Gasteiger partial charge is 0.251 e. The number of benzene rings is 1. The van der Waals surface area contributed by atoms with E-state index < -0.39 is 17.8 Å². The van der Waals surface area contributed by atoms with Gasteiger partial charge in [-0.2, -0.15) is 0 Å². The number of hydrogen-bond donors (Lipinski definition) is 3. The highest BCUT2D eigenvalue weighted by Crippen LogP contribution is 2.14. The molecular weight excluding hydrogens is 281 g/mol. The number of halogens is 2. The van der Waals surface area contributed by atoms with E-state index in [9.17, 15) is 9.18 Å². The van der Waals surface area contributed by atoms with Crippen molar-refractivity contribution in [3.63, 3.8) is 0 Å². The van der Waals surface area contributed by atoms with Crippen LogP contribution in [0.2, 0.25) is 0 Å². The van der Waals surface area contributed by atoms with E-state index in [0.29, 0.717) is 4.47 Å². The molecule has 0 aliphatic carbocycles. The summed E-state index contributed by atoms with van der Waals surface area (Å²) in [5.41, 5.74) is 0.124. The van der Waals surface area contributed by atoms with E-state index in [1.54, 1.807) is 0 Å². The summed E-state index contributed by atoms with van der Waals surface area (Å²) in [6.07, 6.45) is 0. The average molecular weight is 292 g/mol. The molecule has 0 radical (unpaired) electrons. The molecular formula is C10H11BrFNO3. The van der Waals surface area contributed by atoms with E-state index in [1.165, 1.54) is 12.1 Å². The molecule has 1 rings (SSSR count). The Morgan fingerprint density at radius 3 is 2.50 bits per heavy atom. The summed E-state index contributed by atoms with van der Waals surface area (Å²) in [7, 11) is 0. The Morgan fingerprint density at radius 2 is 2.00 bits per heavy atom. The van der Waals surface area contributed by atoms with Crippen LogP contribution < -0.4 is 5.32 Å². The van der Waals surface area contributed by atoms with Crippen LogP contribution in [-0.2, 0) is 0 Å². The van der Waals surface area contributed by atoms with Crippen LogP contribution in [-0.4, -0.2) is 35.4 Å². The van der Waals surface area contributed by atoms with Crippen molar-refractivity contribution in [2.75, 3.05) is 13.2 Å². The molecule has 0 aliphatic rings. The third-order valence-electron chi connectivity index (χ3n) is 1.90. The Bertz CT molecular complexity index is 362. The summed E-state index contributed by atoms with van der Waals surface area (Å²) in [4.78, 5) is 11.6. The summed E-state index contributed by atoms with van der Waals surface area (Å²) < 4.78 is 13.4. The lowest BCUT2D eigenvalue weighted by atomic mass is 10.2. The Morgan fingerprint density at radius 1 is 1.38 bits per heavy atom. The van der Waals surface area contributed by atoms with E-state index >= 15 is 0 Å². The maximum Gasteiger partial charge on any atom is 0.251 e. The van der Waals surface area contributed by atoms with Crippen LogP contribution in [0.5, 0.6) is 0 Å². The quantitative estimate of drug-likeness (QED) is 0.764. The summed E-state index contributed by atoms with van der Waals surface area (Å²) >= 11 is 3.06. The van der Waals surface area contributed by atoms with Crippen LogP contribution in [0.4, 0.5) is 4.39 Å². The van der Waals surface area contributed by atoms with Crippen LogP contribution in [0, 0.1) is 5.82 Å². The minimum absolute atomic E-state index is 0.124. The van der Waals surface area contributed by atoms with Gasteiger partial charge in [-0.15, -0.1) is 0 Å². The Labute approximate surface area is 100 Å². The molecule has 1 aromatic carbocycles. The fourth-order valence-electron chi connectivity index (χ4n) is 1.10. The number of aliphatic hydroxyl groups is 2. The van der Waals surface area contributed by atoms with Crippen molar-refractivity contribution in [3.05, 3.63) is 34.1 Å². The monoisotopic (exact) mass is 291 g/mol.